The molecule has 2 amide bonds. The molecule has 0 radical (unpaired) electrons. The number of benzene rings is 1. The van der Waals surface area contributed by atoms with E-state index in [0.717, 1.165) is 27.5 Å². The molecule has 0 saturated carbocycles. The molecule has 1 aliphatic rings. The van der Waals surface area contributed by atoms with Crippen LogP contribution in [-0.2, 0) is 9.53 Å². The molecule has 1 heterocycles. The molecule has 1 fully saturated rings. The van der Waals surface area contributed by atoms with Gasteiger partial charge in [-0.1, -0.05) is 6.07 Å². The third-order valence-corrected chi connectivity index (χ3v) is 4.47. The van der Waals surface area contributed by atoms with Gasteiger partial charge in [-0.3, -0.25) is 14.5 Å². The Balaban J connectivity index is 2.18. The van der Waals surface area contributed by atoms with E-state index in [4.69, 9.17) is 9.47 Å². The van der Waals surface area contributed by atoms with Crippen molar-refractivity contribution in [2.45, 2.75) is 6.92 Å². The summed E-state index contributed by atoms with van der Waals surface area (Å²) in [6.07, 6.45) is 1.71. The van der Waals surface area contributed by atoms with Crippen LogP contribution in [0.5, 0.6) is 5.75 Å². The summed E-state index contributed by atoms with van der Waals surface area (Å²) in [5, 5.41) is -0.265. The number of amides is 2. The quantitative estimate of drug-likeness (QED) is 0.701. The molecule has 0 bridgehead atoms. The van der Waals surface area contributed by atoms with E-state index >= 15 is 0 Å². The van der Waals surface area contributed by atoms with Gasteiger partial charge in [-0.15, -0.1) is 0 Å². The van der Waals surface area contributed by atoms with Crippen molar-refractivity contribution < 1.29 is 19.1 Å². The highest BCUT2D eigenvalue weighted by atomic mass is 79.9. The predicted octanol–water partition coefficient (Wildman–Crippen LogP) is 3.53. The highest BCUT2D eigenvalue weighted by Gasteiger charge is 2.34. The normalized spacial score (nSPS) is 16.7. The first-order valence-electron chi connectivity index (χ1n) is 6.73. The van der Waals surface area contributed by atoms with Gasteiger partial charge in [0.05, 0.1) is 29.1 Å². The van der Waals surface area contributed by atoms with E-state index in [1.807, 2.05) is 25.1 Å². The molecule has 118 valence electrons. The summed E-state index contributed by atoms with van der Waals surface area (Å²) in [7, 11) is 1.53. The van der Waals surface area contributed by atoms with Crippen molar-refractivity contribution in [3.05, 3.63) is 33.1 Å². The zero-order valence-corrected chi connectivity index (χ0v) is 14.7. The molecule has 22 heavy (non-hydrogen) atoms. The topological polar surface area (TPSA) is 55.8 Å². The van der Waals surface area contributed by atoms with Crippen LogP contribution in [0.2, 0.25) is 0 Å². The standard InChI is InChI=1S/C15H16BrNO4S/c1-3-21-12-5-4-10(8-11(12)16)9-13-14(18)17(6-7-20-2)15(19)22-13/h4-5,8-9H,3,6-7H2,1-2H3/b13-9+. The number of carbonyl (C=O) groups is 2. The van der Waals surface area contributed by atoms with Crippen LogP contribution >= 0.6 is 27.7 Å². The number of halogens is 1. The van der Waals surface area contributed by atoms with Crippen molar-refractivity contribution in [3.8, 4) is 5.75 Å². The zero-order valence-electron chi connectivity index (χ0n) is 12.3. The summed E-state index contributed by atoms with van der Waals surface area (Å²) in [6, 6.07) is 5.53. The van der Waals surface area contributed by atoms with Crippen LogP contribution in [0.15, 0.2) is 27.6 Å². The fraction of sp³-hybridized carbons (Fsp3) is 0.333. The Hall–Kier alpha value is -1.31. The largest absolute Gasteiger partial charge is 0.493 e. The maximum Gasteiger partial charge on any atom is 0.293 e. The van der Waals surface area contributed by atoms with Crippen LogP contribution in [0.25, 0.3) is 6.08 Å². The highest BCUT2D eigenvalue weighted by Crippen LogP contribution is 2.33. The number of nitrogens with zero attached hydrogens (tertiary/aromatic N) is 1. The van der Waals surface area contributed by atoms with Gasteiger partial charge in [0.1, 0.15) is 5.75 Å². The third-order valence-electron chi connectivity index (χ3n) is 2.95. The minimum Gasteiger partial charge on any atom is -0.493 e. The van der Waals surface area contributed by atoms with E-state index < -0.39 is 0 Å². The first-order chi connectivity index (χ1) is 10.6. The van der Waals surface area contributed by atoms with Crippen molar-refractivity contribution in [2.75, 3.05) is 26.9 Å². The average Bonchev–Trinajstić information content (AvgIpc) is 2.74. The van der Waals surface area contributed by atoms with E-state index in [1.165, 1.54) is 12.0 Å². The molecule has 1 aliphatic heterocycles. The molecule has 0 aromatic heterocycles. The zero-order chi connectivity index (χ0) is 16.1. The Bertz CT molecular complexity index is 618. The number of carbonyl (C=O) groups excluding carboxylic acids is 2. The number of thioether (sulfide) groups is 1. The Morgan fingerprint density at radius 2 is 2.14 bits per heavy atom. The number of methoxy groups -OCH3 is 1. The first kappa shape index (κ1) is 17.1. The second-order valence-electron chi connectivity index (χ2n) is 4.45. The molecule has 0 aliphatic carbocycles. The Labute approximate surface area is 141 Å². The van der Waals surface area contributed by atoms with E-state index in [1.54, 1.807) is 6.08 Å². The van der Waals surface area contributed by atoms with E-state index in [9.17, 15) is 9.59 Å². The fourth-order valence-electron chi connectivity index (χ4n) is 1.91. The summed E-state index contributed by atoms with van der Waals surface area (Å²) in [5.41, 5.74) is 0.826. The molecular formula is C15H16BrNO4S. The molecule has 1 aromatic carbocycles. The van der Waals surface area contributed by atoms with Crippen LogP contribution in [0.1, 0.15) is 12.5 Å². The summed E-state index contributed by atoms with van der Waals surface area (Å²) in [4.78, 5) is 25.7. The number of imide groups is 1. The van der Waals surface area contributed by atoms with Crippen molar-refractivity contribution >= 4 is 44.9 Å². The van der Waals surface area contributed by atoms with Crippen molar-refractivity contribution in [1.82, 2.24) is 4.90 Å². The molecule has 5 nitrogen and oxygen atoms in total. The van der Waals surface area contributed by atoms with Gasteiger partial charge in [0.25, 0.3) is 11.1 Å². The molecule has 0 spiro atoms. The van der Waals surface area contributed by atoms with Crippen LogP contribution in [0.3, 0.4) is 0 Å². The first-order valence-corrected chi connectivity index (χ1v) is 8.34. The van der Waals surface area contributed by atoms with Crippen LogP contribution < -0.4 is 4.74 Å². The Kier molecular flexibility index (Phi) is 6.05. The molecule has 0 N–H and O–H groups in total. The van der Waals surface area contributed by atoms with Gasteiger partial charge >= 0.3 is 0 Å². The molecular weight excluding hydrogens is 370 g/mol. The lowest BCUT2D eigenvalue weighted by atomic mass is 10.2. The summed E-state index contributed by atoms with van der Waals surface area (Å²) < 4.78 is 11.2. The molecule has 1 saturated heterocycles. The van der Waals surface area contributed by atoms with E-state index in [2.05, 4.69) is 15.9 Å². The summed E-state index contributed by atoms with van der Waals surface area (Å²) in [6.45, 7) is 3.10. The van der Waals surface area contributed by atoms with Gasteiger partial charge in [-0.05, 0) is 58.4 Å². The third kappa shape index (κ3) is 3.91. The second kappa shape index (κ2) is 7.80. The average molecular weight is 386 g/mol. The SMILES string of the molecule is CCOc1ccc(/C=C2/SC(=O)N(CCOC)C2=O)cc1Br. The predicted molar refractivity (Wildman–Crippen MR) is 89.9 cm³/mol. The molecule has 2 rings (SSSR count). The van der Waals surface area contributed by atoms with Gasteiger partial charge in [-0.2, -0.15) is 0 Å². The van der Waals surface area contributed by atoms with E-state index in [0.29, 0.717) is 18.1 Å². The van der Waals surface area contributed by atoms with E-state index in [-0.39, 0.29) is 17.7 Å². The summed E-state index contributed by atoms with van der Waals surface area (Å²) in [5.74, 6) is 0.463. The van der Waals surface area contributed by atoms with Crippen molar-refractivity contribution in [1.29, 1.82) is 0 Å². The highest BCUT2D eigenvalue weighted by molar-refractivity contribution is 9.10. The van der Waals surface area contributed by atoms with Gasteiger partial charge in [0.2, 0.25) is 0 Å². The monoisotopic (exact) mass is 385 g/mol. The molecule has 0 atom stereocenters. The minimum atomic E-state index is -0.281. The van der Waals surface area contributed by atoms with Crippen molar-refractivity contribution in [3.63, 3.8) is 0 Å². The van der Waals surface area contributed by atoms with Gasteiger partial charge in [0, 0.05) is 7.11 Å². The minimum absolute atomic E-state index is 0.265. The maximum atomic E-state index is 12.2. The van der Waals surface area contributed by atoms with Crippen LogP contribution in [0.4, 0.5) is 4.79 Å². The summed E-state index contributed by atoms with van der Waals surface area (Å²) >= 11 is 4.37. The maximum absolute atomic E-state index is 12.2. The van der Waals surface area contributed by atoms with Crippen LogP contribution in [-0.4, -0.2) is 42.9 Å². The van der Waals surface area contributed by atoms with Gasteiger partial charge < -0.3 is 9.47 Å². The Morgan fingerprint density at radius 1 is 1.36 bits per heavy atom. The molecule has 7 heteroatoms. The Morgan fingerprint density at radius 3 is 2.77 bits per heavy atom. The molecule has 1 aromatic rings. The van der Waals surface area contributed by atoms with Gasteiger partial charge in [-0.25, -0.2) is 0 Å². The van der Waals surface area contributed by atoms with Gasteiger partial charge in [0.15, 0.2) is 0 Å². The van der Waals surface area contributed by atoms with Crippen molar-refractivity contribution in [2.24, 2.45) is 0 Å². The number of hydrogen-bond acceptors (Lipinski definition) is 5. The lowest BCUT2D eigenvalue weighted by Crippen LogP contribution is -2.31. The number of hydrogen-bond donors (Lipinski definition) is 0. The lowest BCUT2D eigenvalue weighted by Gasteiger charge is -2.10. The molecule has 0 unspecified atom stereocenters. The fourth-order valence-corrected chi connectivity index (χ4v) is 3.28. The lowest BCUT2D eigenvalue weighted by molar-refractivity contribution is -0.123. The number of ether oxygens (including phenoxy) is 2. The smallest absolute Gasteiger partial charge is 0.293 e. The van der Waals surface area contributed by atoms with Crippen LogP contribution in [0, 0.1) is 0 Å². The second-order valence-corrected chi connectivity index (χ2v) is 6.30. The number of rotatable bonds is 6.